The van der Waals surface area contributed by atoms with E-state index in [4.69, 9.17) is 0 Å². The molecule has 1 aromatic carbocycles. The topological polar surface area (TPSA) is 82.6 Å². The summed E-state index contributed by atoms with van der Waals surface area (Å²) in [5, 5.41) is 6.51. The molecule has 0 aliphatic rings. The van der Waals surface area contributed by atoms with Gasteiger partial charge in [-0.25, -0.2) is 13.1 Å². The molecule has 26 heavy (non-hydrogen) atoms. The second-order valence-electron chi connectivity index (χ2n) is 5.35. The lowest BCUT2D eigenvalue weighted by atomic mass is 10.2. The van der Waals surface area contributed by atoms with Crippen molar-refractivity contribution in [1.82, 2.24) is 15.4 Å². The lowest BCUT2D eigenvalue weighted by molar-refractivity contribution is 0.588. The first-order chi connectivity index (χ1) is 12.0. The van der Waals surface area contributed by atoms with Crippen molar-refractivity contribution in [2.75, 3.05) is 14.1 Å². The van der Waals surface area contributed by atoms with Crippen LogP contribution in [0.5, 0.6) is 0 Å². The first kappa shape index (κ1) is 22.9. The Hall–Kier alpha value is -1.17. The van der Waals surface area contributed by atoms with E-state index in [1.54, 1.807) is 42.6 Å². The Kier molecular flexibility index (Phi) is 9.55. The average Bonchev–Trinajstić information content (AvgIpc) is 3.10. The van der Waals surface area contributed by atoms with Crippen molar-refractivity contribution in [3.63, 3.8) is 0 Å². The smallest absolute Gasteiger partial charge is 0.240 e. The van der Waals surface area contributed by atoms with Crippen LogP contribution in [0.2, 0.25) is 0 Å². The van der Waals surface area contributed by atoms with Gasteiger partial charge in [0, 0.05) is 23.3 Å². The van der Waals surface area contributed by atoms with E-state index in [0.717, 1.165) is 18.5 Å². The molecule has 0 saturated heterocycles. The summed E-state index contributed by atoms with van der Waals surface area (Å²) >= 11 is 1.80. The fraction of sp³-hybridized carbons (Fsp3) is 0.353. The Labute approximate surface area is 176 Å². The van der Waals surface area contributed by atoms with Gasteiger partial charge in [-0.05, 0) is 43.3 Å². The Balaban J connectivity index is 0.00000338. The molecule has 0 saturated carbocycles. The van der Waals surface area contributed by atoms with Gasteiger partial charge in [0.05, 0.1) is 11.4 Å². The molecule has 9 heteroatoms. The molecule has 0 bridgehead atoms. The lowest BCUT2D eigenvalue weighted by Gasteiger charge is -2.11. The normalized spacial score (nSPS) is 11.7. The van der Waals surface area contributed by atoms with Crippen LogP contribution in [0.1, 0.15) is 22.2 Å². The summed E-state index contributed by atoms with van der Waals surface area (Å²) in [6.45, 7) is 3.44. The Morgan fingerprint density at radius 2 is 1.65 bits per heavy atom. The summed E-state index contributed by atoms with van der Waals surface area (Å²) in [5.74, 6) is 0.707. The molecule has 2 aromatic rings. The van der Waals surface area contributed by atoms with Crippen LogP contribution in [0.15, 0.2) is 46.3 Å². The van der Waals surface area contributed by atoms with E-state index in [-0.39, 0.29) is 28.9 Å². The molecule has 0 amide bonds. The van der Waals surface area contributed by atoms with Crippen LogP contribution in [0.25, 0.3) is 0 Å². The SMILES string of the molecule is CCc1ccc(CNC(=NC)NCc2ccc(S(=O)(=O)NC)cc2)s1.I. The van der Waals surface area contributed by atoms with Crippen LogP contribution in [0.4, 0.5) is 0 Å². The highest BCUT2D eigenvalue weighted by Crippen LogP contribution is 2.16. The number of aliphatic imine (C=N–C) groups is 1. The highest BCUT2D eigenvalue weighted by atomic mass is 127. The van der Waals surface area contributed by atoms with Gasteiger partial charge in [-0.1, -0.05) is 19.1 Å². The average molecular weight is 508 g/mol. The highest BCUT2D eigenvalue weighted by Gasteiger charge is 2.10. The number of nitrogens with zero attached hydrogens (tertiary/aromatic N) is 1. The molecule has 0 spiro atoms. The van der Waals surface area contributed by atoms with Crippen LogP contribution in [-0.2, 0) is 29.5 Å². The number of halogens is 1. The number of hydrogen-bond donors (Lipinski definition) is 3. The molecule has 0 radical (unpaired) electrons. The number of aryl methyl sites for hydroxylation is 1. The summed E-state index contributed by atoms with van der Waals surface area (Å²) in [5.41, 5.74) is 0.974. The standard InChI is InChI=1S/C17H24N4O2S2.HI/c1-4-14-7-8-15(24-14)12-21-17(18-2)20-11-13-5-9-16(10-6-13)25(22,23)19-3;/h5-10,19H,4,11-12H2,1-3H3,(H2,18,20,21);1H. The van der Waals surface area contributed by atoms with Crippen LogP contribution in [-0.4, -0.2) is 28.5 Å². The zero-order chi connectivity index (χ0) is 18.3. The molecule has 2 rings (SSSR count). The quantitative estimate of drug-likeness (QED) is 0.305. The zero-order valence-electron chi connectivity index (χ0n) is 15.1. The number of guanidine groups is 1. The molecule has 0 unspecified atom stereocenters. The van der Waals surface area contributed by atoms with Crippen molar-refractivity contribution in [2.45, 2.75) is 31.3 Å². The largest absolute Gasteiger partial charge is 0.352 e. The number of sulfonamides is 1. The second kappa shape index (κ2) is 10.9. The molecule has 1 heterocycles. The van der Waals surface area contributed by atoms with Crippen LogP contribution >= 0.6 is 35.3 Å². The maximum Gasteiger partial charge on any atom is 0.240 e. The molecular formula is C17H25IN4O2S2. The lowest BCUT2D eigenvalue weighted by Crippen LogP contribution is -2.36. The van der Waals surface area contributed by atoms with Gasteiger partial charge in [-0.3, -0.25) is 4.99 Å². The van der Waals surface area contributed by atoms with Crippen LogP contribution < -0.4 is 15.4 Å². The van der Waals surface area contributed by atoms with Gasteiger partial charge in [0.1, 0.15) is 0 Å². The summed E-state index contributed by atoms with van der Waals surface area (Å²) in [4.78, 5) is 7.10. The van der Waals surface area contributed by atoms with Gasteiger partial charge in [0.25, 0.3) is 0 Å². The molecule has 0 fully saturated rings. The number of rotatable bonds is 7. The third-order valence-electron chi connectivity index (χ3n) is 3.68. The fourth-order valence-electron chi connectivity index (χ4n) is 2.19. The predicted molar refractivity (Wildman–Crippen MR) is 119 cm³/mol. The van der Waals surface area contributed by atoms with Crippen molar-refractivity contribution in [3.8, 4) is 0 Å². The first-order valence-corrected chi connectivity index (χ1v) is 10.3. The number of benzene rings is 1. The van der Waals surface area contributed by atoms with Gasteiger partial charge in [0.2, 0.25) is 10.0 Å². The van der Waals surface area contributed by atoms with Crippen molar-refractivity contribution in [1.29, 1.82) is 0 Å². The number of hydrogen-bond acceptors (Lipinski definition) is 4. The van der Waals surface area contributed by atoms with Crippen molar-refractivity contribution in [2.24, 2.45) is 4.99 Å². The van der Waals surface area contributed by atoms with Gasteiger partial charge in [-0.2, -0.15) is 0 Å². The van der Waals surface area contributed by atoms with Crippen molar-refractivity contribution >= 4 is 51.3 Å². The van der Waals surface area contributed by atoms with E-state index >= 15 is 0 Å². The molecule has 0 aliphatic carbocycles. The van der Waals surface area contributed by atoms with Crippen LogP contribution in [0, 0.1) is 0 Å². The Morgan fingerprint density at radius 3 is 2.19 bits per heavy atom. The maximum atomic E-state index is 11.7. The minimum Gasteiger partial charge on any atom is -0.352 e. The molecule has 3 N–H and O–H groups in total. The summed E-state index contributed by atoms with van der Waals surface area (Å²) in [7, 11) is -0.269. The maximum absolute atomic E-state index is 11.7. The number of thiophene rings is 1. The van der Waals surface area contributed by atoms with E-state index in [9.17, 15) is 8.42 Å². The molecular weight excluding hydrogens is 483 g/mol. The molecule has 6 nitrogen and oxygen atoms in total. The van der Waals surface area contributed by atoms with E-state index in [1.165, 1.54) is 16.8 Å². The minimum absolute atomic E-state index is 0. The monoisotopic (exact) mass is 508 g/mol. The van der Waals surface area contributed by atoms with E-state index in [0.29, 0.717) is 12.5 Å². The van der Waals surface area contributed by atoms with E-state index in [1.807, 2.05) is 0 Å². The fourth-order valence-corrected chi connectivity index (χ4v) is 3.82. The second-order valence-corrected chi connectivity index (χ2v) is 8.49. The third kappa shape index (κ3) is 6.53. The summed E-state index contributed by atoms with van der Waals surface area (Å²) < 4.78 is 25.7. The van der Waals surface area contributed by atoms with Crippen LogP contribution in [0.3, 0.4) is 0 Å². The zero-order valence-corrected chi connectivity index (χ0v) is 19.0. The third-order valence-corrected chi connectivity index (χ3v) is 6.34. The molecule has 0 aliphatic heterocycles. The highest BCUT2D eigenvalue weighted by molar-refractivity contribution is 14.0. The Morgan fingerprint density at radius 1 is 1.04 bits per heavy atom. The van der Waals surface area contributed by atoms with Gasteiger partial charge in [-0.15, -0.1) is 35.3 Å². The molecule has 1 aromatic heterocycles. The summed E-state index contributed by atoms with van der Waals surface area (Å²) in [6.07, 6.45) is 1.05. The van der Waals surface area contributed by atoms with Crippen molar-refractivity contribution in [3.05, 3.63) is 51.7 Å². The first-order valence-electron chi connectivity index (χ1n) is 8.03. The van der Waals surface area contributed by atoms with Gasteiger partial charge < -0.3 is 10.6 Å². The number of nitrogens with one attached hydrogen (secondary N) is 3. The van der Waals surface area contributed by atoms with Gasteiger partial charge in [0.15, 0.2) is 5.96 Å². The van der Waals surface area contributed by atoms with Gasteiger partial charge >= 0.3 is 0 Å². The van der Waals surface area contributed by atoms with E-state index < -0.39 is 10.0 Å². The predicted octanol–water partition coefficient (Wildman–Crippen LogP) is 2.70. The van der Waals surface area contributed by atoms with Crippen molar-refractivity contribution < 1.29 is 8.42 Å². The Bertz CT molecular complexity index is 818. The molecule has 144 valence electrons. The van der Waals surface area contributed by atoms with E-state index in [2.05, 4.69) is 39.4 Å². The molecule has 0 atom stereocenters. The minimum atomic E-state index is -3.40. The summed E-state index contributed by atoms with van der Waals surface area (Å²) in [6, 6.07) is 11.0.